The van der Waals surface area contributed by atoms with Gasteiger partial charge in [0.25, 0.3) is 0 Å². The Morgan fingerprint density at radius 1 is 1.45 bits per heavy atom. The van der Waals surface area contributed by atoms with E-state index in [2.05, 4.69) is 52.5 Å². The Kier molecular flexibility index (Phi) is 7.08. The molecule has 0 spiro atoms. The quantitative estimate of drug-likeness (QED) is 0.821. The van der Waals surface area contributed by atoms with E-state index in [9.17, 15) is 0 Å². The van der Waals surface area contributed by atoms with Crippen molar-refractivity contribution in [2.45, 2.75) is 44.5 Å². The second-order valence-corrected chi connectivity index (χ2v) is 7.92. The maximum absolute atomic E-state index is 6.43. The summed E-state index contributed by atoms with van der Waals surface area (Å²) in [4.78, 5) is 0. The summed E-state index contributed by atoms with van der Waals surface area (Å²) in [5.41, 5.74) is 1.18. The van der Waals surface area contributed by atoms with Gasteiger partial charge in [-0.3, -0.25) is 4.68 Å². The lowest BCUT2D eigenvalue weighted by Gasteiger charge is -2.31. The summed E-state index contributed by atoms with van der Waals surface area (Å²) in [6, 6.07) is 0.314. The van der Waals surface area contributed by atoms with Crippen LogP contribution in [0.25, 0.3) is 0 Å². The van der Waals surface area contributed by atoms with Crippen LogP contribution >= 0.6 is 35.1 Å². The second kappa shape index (κ2) is 8.57. The molecule has 1 saturated heterocycles. The monoisotopic (exact) mass is 333 g/mol. The molecule has 2 atom stereocenters. The fourth-order valence-electron chi connectivity index (χ4n) is 2.47. The normalized spacial score (nSPS) is 21.1. The van der Waals surface area contributed by atoms with Crippen molar-refractivity contribution < 1.29 is 0 Å². The van der Waals surface area contributed by atoms with Gasteiger partial charge in [0.05, 0.1) is 23.0 Å². The van der Waals surface area contributed by atoms with E-state index in [-0.39, 0.29) is 0 Å². The highest BCUT2D eigenvalue weighted by atomic mass is 35.5. The minimum Gasteiger partial charge on any atom is -0.308 e. The van der Waals surface area contributed by atoms with Crippen molar-refractivity contribution in [2.75, 3.05) is 23.8 Å². The number of aryl methyl sites for hydroxylation is 1. The maximum atomic E-state index is 6.43. The van der Waals surface area contributed by atoms with E-state index < -0.39 is 0 Å². The van der Waals surface area contributed by atoms with Gasteiger partial charge in [-0.1, -0.05) is 25.4 Å². The number of thioether (sulfide) groups is 2. The Hall–Kier alpha value is 0.160. The third-order valence-electron chi connectivity index (χ3n) is 3.39. The molecule has 3 nitrogen and oxygen atoms in total. The fourth-order valence-corrected chi connectivity index (χ4v) is 5.57. The second-order valence-electron chi connectivity index (χ2n) is 5.02. The van der Waals surface area contributed by atoms with Gasteiger partial charge in [-0.2, -0.15) is 28.6 Å². The summed E-state index contributed by atoms with van der Waals surface area (Å²) in [5.74, 6) is 3.70. The third-order valence-corrected chi connectivity index (χ3v) is 6.55. The molecule has 2 rings (SSSR count). The Morgan fingerprint density at radius 2 is 2.30 bits per heavy atom. The van der Waals surface area contributed by atoms with Crippen LogP contribution in [0.5, 0.6) is 0 Å². The van der Waals surface area contributed by atoms with E-state index in [0.29, 0.717) is 11.3 Å². The molecule has 1 N–H and O–H groups in total. The zero-order valence-corrected chi connectivity index (χ0v) is 14.7. The lowest BCUT2D eigenvalue weighted by molar-refractivity contribution is 0.469. The van der Waals surface area contributed by atoms with Crippen molar-refractivity contribution >= 4 is 35.1 Å². The number of nitrogens with one attached hydrogen (secondary N) is 1. The molecule has 0 aliphatic carbocycles. The lowest BCUT2D eigenvalue weighted by Crippen LogP contribution is -2.36. The molecule has 2 unspecified atom stereocenters. The number of rotatable bonds is 7. The van der Waals surface area contributed by atoms with Crippen molar-refractivity contribution in [3.05, 3.63) is 16.9 Å². The van der Waals surface area contributed by atoms with Crippen molar-refractivity contribution in [2.24, 2.45) is 0 Å². The first-order valence-electron chi connectivity index (χ1n) is 7.41. The number of halogens is 1. The van der Waals surface area contributed by atoms with E-state index in [1.807, 2.05) is 0 Å². The number of hydrogen-bond acceptors (Lipinski definition) is 4. The molecular formula is C14H24ClN3S2. The van der Waals surface area contributed by atoms with E-state index in [1.54, 1.807) is 6.20 Å². The summed E-state index contributed by atoms with van der Waals surface area (Å²) in [5, 5.41) is 9.56. The molecule has 1 aromatic rings. The minimum atomic E-state index is 0.314. The lowest BCUT2D eigenvalue weighted by atomic mass is 10.1. The first kappa shape index (κ1) is 16.5. The van der Waals surface area contributed by atoms with E-state index in [1.165, 1.54) is 23.0 Å². The van der Waals surface area contributed by atoms with E-state index in [4.69, 9.17) is 11.6 Å². The van der Waals surface area contributed by atoms with Crippen LogP contribution in [-0.2, 0) is 6.54 Å². The SMILES string of the molecule is CCCNC(c1c(Cl)cnn1CCC)C1CSCCS1. The average molecular weight is 334 g/mol. The van der Waals surface area contributed by atoms with Crippen molar-refractivity contribution in [1.82, 2.24) is 15.1 Å². The molecular weight excluding hydrogens is 310 g/mol. The molecule has 1 aliphatic heterocycles. The fraction of sp³-hybridized carbons (Fsp3) is 0.786. The van der Waals surface area contributed by atoms with Crippen LogP contribution in [-0.4, -0.2) is 38.8 Å². The van der Waals surface area contributed by atoms with Gasteiger partial charge in [0.1, 0.15) is 0 Å². The van der Waals surface area contributed by atoms with Gasteiger partial charge in [0.15, 0.2) is 0 Å². The van der Waals surface area contributed by atoms with Gasteiger partial charge >= 0.3 is 0 Å². The highest BCUT2D eigenvalue weighted by Crippen LogP contribution is 2.36. The number of aromatic nitrogens is 2. The summed E-state index contributed by atoms with van der Waals surface area (Å²) < 4.78 is 2.09. The molecule has 1 fully saturated rings. The van der Waals surface area contributed by atoms with Gasteiger partial charge in [0, 0.05) is 29.1 Å². The van der Waals surface area contributed by atoms with E-state index >= 15 is 0 Å². The molecule has 1 aromatic heterocycles. The Balaban J connectivity index is 2.22. The van der Waals surface area contributed by atoms with Gasteiger partial charge in [-0.15, -0.1) is 0 Å². The largest absolute Gasteiger partial charge is 0.308 e. The molecule has 0 saturated carbocycles. The molecule has 20 heavy (non-hydrogen) atoms. The van der Waals surface area contributed by atoms with Crippen LogP contribution in [0.15, 0.2) is 6.20 Å². The highest BCUT2D eigenvalue weighted by molar-refractivity contribution is 8.06. The van der Waals surface area contributed by atoms with Crippen LogP contribution in [0.4, 0.5) is 0 Å². The molecule has 0 aromatic carbocycles. The molecule has 0 bridgehead atoms. The average Bonchev–Trinajstić information content (AvgIpc) is 2.83. The molecule has 114 valence electrons. The summed E-state index contributed by atoms with van der Waals surface area (Å²) in [7, 11) is 0. The van der Waals surface area contributed by atoms with Crippen LogP contribution in [0.1, 0.15) is 38.4 Å². The molecule has 0 amide bonds. The van der Waals surface area contributed by atoms with Crippen molar-refractivity contribution in [3.8, 4) is 0 Å². The van der Waals surface area contributed by atoms with Gasteiger partial charge < -0.3 is 5.32 Å². The van der Waals surface area contributed by atoms with Gasteiger partial charge in [0.2, 0.25) is 0 Å². The Morgan fingerprint density at radius 3 is 2.95 bits per heavy atom. The molecule has 1 aliphatic rings. The Labute approximate surface area is 135 Å². The van der Waals surface area contributed by atoms with Gasteiger partial charge in [-0.05, 0) is 19.4 Å². The van der Waals surface area contributed by atoms with Gasteiger partial charge in [-0.25, -0.2) is 0 Å². The number of nitrogens with zero attached hydrogens (tertiary/aromatic N) is 2. The first-order chi connectivity index (χ1) is 9.77. The first-order valence-corrected chi connectivity index (χ1v) is 10.00. The van der Waals surface area contributed by atoms with E-state index in [0.717, 1.165) is 31.0 Å². The summed E-state index contributed by atoms with van der Waals surface area (Å²) in [6.45, 7) is 6.35. The van der Waals surface area contributed by atoms with Crippen LogP contribution in [0.3, 0.4) is 0 Å². The van der Waals surface area contributed by atoms with Crippen LogP contribution in [0.2, 0.25) is 5.02 Å². The maximum Gasteiger partial charge on any atom is 0.0834 e. The highest BCUT2D eigenvalue weighted by Gasteiger charge is 2.30. The number of hydrogen-bond donors (Lipinski definition) is 1. The van der Waals surface area contributed by atoms with Crippen LogP contribution < -0.4 is 5.32 Å². The molecule has 6 heteroatoms. The van der Waals surface area contributed by atoms with Crippen molar-refractivity contribution in [3.63, 3.8) is 0 Å². The zero-order chi connectivity index (χ0) is 14.4. The standard InChI is InChI=1S/C14H24ClN3S2/c1-3-5-16-13(12-10-19-7-8-20-12)14-11(15)9-17-18(14)6-4-2/h9,12-13,16H,3-8,10H2,1-2H3. The minimum absolute atomic E-state index is 0.314. The van der Waals surface area contributed by atoms with Crippen molar-refractivity contribution in [1.29, 1.82) is 0 Å². The Bertz CT molecular complexity index is 405. The summed E-state index contributed by atoms with van der Waals surface area (Å²) in [6.07, 6.45) is 4.02. The third kappa shape index (κ3) is 4.09. The zero-order valence-electron chi connectivity index (χ0n) is 12.3. The molecule has 0 radical (unpaired) electrons. The smallest absolute Gasteiger partial charge is 0.0834 e. The van der Waals surface area contributed by atoms with Crippen LogP contribution in [0, 0.1) is 0 Å². The summed E-state index contributed by atoms with van der Waals surface area (Å²) >= 11 is 10.6. The topological polar surface area (TPSA) is 29.9 Å². The predicted molar refractivity (Wildman–Crippen MR) is 92.1 cm³/mol. The predicted octanol–water partition coefficient (Wildman–Crippen LogP) is 3.84. The molecule has 2 heterocycles.